The number of nitrogens with one attached hydrogen (secondary N) is 1. The van der Waals surface area contributed by atoms with Gasteiger partial charge in [-0.15, -0.1) is 11.3 Å². The maximum atomic E-state index is 12.4. The van der Waals surface area contributed by atoms with Gasteiger partial charge in [0.15, 0.2) is 0 Å². The van der Waals surface area contributed by atoms with Crippen LogP contribution in [-0.2, 0) is 0 Å². The van der Waals surface area contributed by atoms with Gasteiger partial charge in [0.05, 0.1) is 11.8 Å². The molecule has 0 spiro atoms. The van der Waals surface area contributed by atoms with E-state index in [0.29, 0.717) is 11.8 Å². The summed E-state index contributed by atoms with van der Waals surface area (Å²) in [6.45, 7) is 2.62. The zero-order valence-corrected chi connectivity index (χ0v) is 12.7. The van der Waals surface area contributed by atoms with Crippen molar-refractivity contribution in [3.8, 4) is 0 Å². The molecule has 116 valence electrons. The van der Waals surface area contributed by atoms with Gasteiger partial charge < -0.3 is 10.2 Å². The van der Waals surface area contributed by atoms with Gasteiger partial charge in [0, 0.05) is 20.1 Å². The zero-order valence-electron chi connectivity index (χ0n) is 11.9. The summed E-state index contributed by atoms with van der Waals surface area (Å²) in [7, 11) is 1.62. The summed E-state index contributed by atoms with van der Waals surface area (Å²) in [6.07, 6.45) is -4.11. The number of thiophene rings is 1. The van der Waals surface area contributed by atoms with Crippen molar-refractivity contribution in [2.75, 3.05) is 30.4 Å². The minimum atomic E-state index is -4.17. The summed E-state index contributed by atoms with van der Waals surface area (Å²) in [5.74, 6) is 0.991. The lowest BCUT2D eigenvalue weighted by Gasteiger charge is -2.20. The van der Waals surface area contributed by atoms with E-state index >= 15 is 0 Å². The highest BCUT2D eigenvalue weighted by molar-refractivity contribution is 7.16. The number of hydrogen-bond donors (Lipinski definition) is 1. The monoisotopic (exact) mass is 318 g/mol. The van der Waals surface area contributed by atoms with Gasteiger partial charge in [-0.05, 0) is 17.9 Å². The topological polar surface area (TPSA) is 41.1 Å². The summed E-state index contributed by atoms with van der Waals surface area (Å²) >= 11 is 1.45. The molecule has 0 saturated heterocycles. The van der Waals surface area contributed by atoms with E-state index in [0.717, 1.165) is 23.2 Å². The smallest absolute Gasteiger partial charge is 0.359 e. The molecule has 1 N–H and O–H groups in total. The van der Waals surface area contributed by atoms with Crippen LogP contribution < -0.4 is 10.2 Å². The van der Waals surface area contributed by atoms with E-state index in [2.05, 4.69) is 15.3 Å². The molecule has 2 aromatic heterocycles. The molecule has 0 aliphatic carbocycles. The highest BCUT2D eigenvalue weighted by Crippen LogP contribution is 2.29. The predicted octanol–water partition coefficient (Wildman–Crippen LogP) is 3.90. The lowest BCUT2D eigenvalue weighted by Crippen LogP contribution is -2.25. The van der Waals surface area contributed by atoms with Crippen LogP contribution in [0, 0.1) is 0 Å². The van der Waals surface area contributed by atoms with Gasteiger partial charge in [0.2, 0.25) is 5.95 Å². The molecule has 2 heterocycles. The Morgan fingerprint density at radius 1 is 1.33 bits per heavy atom. The Kier molecular flexibility index (Phi) is 4.87. The van der Waals surface area contributed by atoms with Gasteiger partial charge in [0.25, 0.3) is 0 Å². The third-order valence-corrected chi connectivity index (χ3v) is 3.74. The maximum Gasteiger partial charge on any atom is 0.390 e. The first-order valence-corrected chi connectivity index (χ1v) is 7.55. The number of nitrogens with zero attached hydrogens (tertiary/aromatic N) is 3. The fraction of sp³-hybridized carbons (Fsp3) is 0.538. The van der Waals surface area contributed by atoms with Crippen molar-refractivity contribution in [2.24, 2.45) is 0 Å². The van der Waals surface area contributed by atoms with E-state index in [1.54, 1.807) is 7.05 Å². The molecule has 0 aromatic carbocycles. The minimum absolute atomic E-state index is 0.126. The van der Waals surface area contributed by atoms with E-state index in [9.17, 15) is 13.2 Å². The van der Waals surface area contributed by atoms with Crippen molar-refractivity contribution in [1.29, 1.82) is 0 Å². The quantitative estimate of drug-likeness (QED) is 0.877. The molecule has 2 aromatic rings. The van der Waals surface area contributed by atoms with Crippen LogP contribution in [0.2, 0.25) is 0 Å². The molecule has 2 rings (SSSR count). The molecule has 8 heteroatoms. The van der Waals surface area contributed by atoms with E-state index in [1.165, 1.54) is 16.2 Å². The fourth-order valence-electron chi connectivity index (χ4n) is 1.85. The average molecular weight is 318 g/mol. The van der Waals surface area contributed by atoms with Gasteiger partial charge in [-0.2, -0.15) is 18.2 Å². The number of rotatable bonds is 6. The Morgan fingerprint density at radius 2 is 2.10 bits per heavy atom. The lowest BCUT2D eigenvalue weighted by molar-refractivity contribution is -0.132. The Bertz CT molecular complexity index is 597. The molecule has 0 unspecified atom stereocenters. The van der Waals surface area contributed by atoms with Crippen molar-refractivity contribution in [1.82, 2.24) is 9.97 Å². The molecule has 0 bridgehead atoms. The van der Waals surface area contributed by atoms with Gasteiger partial charge in [-0.3, -0.25) is 0 Å². The van der Waals surface area contributed by atoms with Crippen molar-refractivity contribution in [3.05, 3.63) is 11.4 Å². The lowest BCUT2D eigenvalue weighted by atomic mass is 10.3. The van der Waals surface area contributed by atoms with Gasteiger partial charge in [-0.25, -0.2) is 4.98 Å². The van der Waals surface area contributed by atoms with Crippen LogP contribution in [-0.4, -0.2) is 36.3 Å². The molecule has 4 nitrogen and oxygen atoms in total. The molecule has 0 saturated carbocycles. The van der Waals surface area contributed by atoms with Crippen LogP contribution in [0.15, 0.2) is 11.4 Å². The Hall–Kier alpha value is -1.57. The largest absolute Gasteiger partial charge is 0.390 e. The fourth-order valence-corrected chi connectivity index (χ4v) is 2.61. The second kappa shape index (κ2) is 6.46. The van der Waals surface area contributed by atoms with E-state index in [1.807, 2.05) is 18.4 Å². The van der Waals surface area contributed by atoms with Crippen molar-refractivity contribution < 1.29 is 13.2 Å². The second-order valence-electron chi connectivity index (χ2n) is 4.72. The molecular weight excluding hydrogens is 301 g/mol. The molecule has 21 heavy (non-hydrogen) atoms. The molecule has 0 atom stereocenters. The van der Waals surface area contributed by atoms with Gasteiger partial charge >= 0.3 is 6.18 Å². The first-order chi connectivity index (χ1) is 9.90. The zero-order chi connectivity index (χ0) is 15.5. The van der Waals surface area contributed by atoms with Crippen LogP contribution in [0.5, 0.6) is 0 Å². The van der Waals surface area contributed by atoms with Crippen molar-refractivity contribution in [3.63, 3.8) is 0 Å². The van der Waals surface area contributed by atoms with Crippen LogP contribution in [0.3, 0.4) is 0 Å². The third kappa shape index (κ3) is 4.20. The Morgan fingerprint density at radius 3 is 2.76 bits per heavy atom. The van der Waals surface area contributed by atoms with Crippen LogP contribution in [0.1, 0.15) is 19.8 Å². The van der Waals surface area contributed by atoms with Gasteiger partial charge in [0.1, 0.15) is 10.6 Å². The maximum absolute atomic E-state index is 12.4. The number of anilines is 2. The highest BCUT2D eigenvalue weighted by Gasteiger charge is 2.27. The normalized spacial score (nSPS) is 11.9. The van der Waals surface area contributed by atoms with Crippen LogP contribution in [0.25, 0.3) is 10.2 Å². The van der Waals surface area contributed by atoms with Crippen molar-refractivity contribution >= 4 is 33.3 Å². The first kappa shape index (κ1) is 15.8. The molecule has 0 radical (unpaired) electrons. The first-order valence-electron chi connectivity index (χ1n) is 6.67. The standard InChI is InChI=1S/C13H17F3N4S/c1-3-6-17-12-18-10(9-4-8-21-11(9)19-12)20(2)7-5-13(14,15)16/h4,8H,3,5-7H2,1-2H3,(H,17,18,19). The summed E-state index contributed by atoms with van der Waals surface area (Å²) in [5, 5.41) is 5.73. The molecular formula is C13H17F3N4S. The Balaban J connectivity index is 2.25. The van der Waals surface area contributed by atoms with Crippen molar-refractivity contribution in [2.45, 2.75) is 25.9 Å². The molecule has 0 amide bonds. The van der Waals surface area contributed by atoms with E-state index < -0.39 is 12.6 Å². The third-order valence-electron chi connectivity index (χ3n) is 2.93. The highest BCUT2D eigenvalue weighted by atomic mass is 32.1. The number of alkyl halides is 3. The summed E-state index contributed by atoms with van der Waals surface area (Å²) in [5.41, 5.74) is 0. The minimum Gasteiger partial charge on any atom is -0.359 e. The second-order valence-corrected chi connectivity index (χ2v) is 5.62. The van der Waals surface area contributed by atoms with E-state index in [4.69, 9.17) is 0 Å². The SMILES string of the molecule is CCCNc1nc(N(C)CCC(F)(F)F)c2ccsc2n1. The predicted molar refractivity (Wildman–Crippen MR) is 80.1 cm³/mol. The molecule has 0 aliphatic rings. The van der Waals surface area contributed by atoms with E-state index in [-0.39, 0.29) is 6.54 Å². The number of aromatic nitrogens is 2. The van der Waals surface area contributed by atoms with Gasteiger partial charge in [-0.1, -0.05) is 6.92 Å². The number of fused-ring (bicyclic) bond motifs is 1. The van der Waals surface area contributed by atoms with Crippen LogP contribution in [0.4, 0.5) is 24.9 Å². The average Bonchev–Trinajstić information content (AvgIpc) is 2.89. The van der Waals surface area contributed by atoms with Crippen LogP contribution >= 0.6 is 11.3 Å². The Labute approximate surface area is 125 Å². The summed E-state index contributed by atoms with van der Waals surface area (Å²) in [6, 6.07) is 1.84. The number of hydrogen-bond acceptors (Lipinski definition) is 5. The summed E-state index contributed by atoms with van der Waals surface area (Å²) in [4.78, 5) is 11.0. The summed E-state index contributed by atoms with van der Waals surface area (Å²) < 4.78 is 37.1. The number of halogens is 3. The molecule has 0 fully saturated rings. The molecule has 0 aliphatic heterocycles.